The summed E-state index contributed by atoms with van der Waals surface area (Å²) in [4.78, 5) is -0.798. The third kappa shape index (κ3) is 2.36. The Kier molecular flexibility index (Phi) is 3.19. The van der Waals surface area contributed by atoms with Gasteiger partial charge < -0.3 is 5.73 Å². The molecule has 0 saturated heterocycles. The molecule has 0 aliphatic carbocycles. The van der Waals surface area contributed by atoms with E-state index in [0.29, 0.717) is 0 Å². The smallest absolute Gasteiger partial charge is 0.398 e. The van der Waals surface area contributed by atoms with Crippen molar-refractivity contribution in [2.45, 2.75) is 10.4 Å². The van der Waals surface area contributed by atoms with Gasteiger partial charge in [-0.3, -0.25) is 0 Å². The summed E-state index contributed by atoms with van der Waals surface area (Å²) in [6.45, 7) is 0. The zero-order valence-corrected chi connectivity index (χ0v) is 10.0. The largest absolute Gasteiger partial charge is 0.501 e. The first-order chi connectivity index (χ1) is 6.66. The van der Waals surface area contributed by atoms with Crippen LogP contribution in [0.2, 0.25) is 0 Å². The van der Waals surface area contributed by atoms with Crippen LogP contribution < -0.4 is 5.73 Å². The second-order valence-electron chi connectivity index (χ2n) is 2.63. The van der Waals surface area contributed by atoms with Gasteiger partial charge >= 0.3 is 5.51 Å². The molecular formula is C7H5F3INO2S. The van der Waals surface area contributed by atoms with Crippen LogP contribution in [0.15, 0.2) is 23.1 Å². The average molecular weight is 351 g/mol. The number of nitrogen functional groups attached to an aromatic ring is 1. The van der Waals surface area contributed by atoms with E-state index in [0.717, 1.165) is 18.2 Å². The first-order valence-corrected chi connectivity index (χ1v) is 6.09. The van der Waals surface area contributed by atoms with Crippen LogP contribution in [-0.4, -0.2) is 13.9 Å². The third-order valence-corrected chi connectivity index (χ3v) is 4.01. The van der Waals surface area contributed by atoms with E-state index in [9.17, 15) is 21.6 Å². The SMILES string of the molecule is Nc1ccc(S(=O)(=O)C(F)(F)F)cc1I. The number of rotatable bonds is 1. The van der Waals surface area contributed by atoms with Gasteiger partial charge in [-0.05, 0) is 40.8 Å². The maximum Gasteiger partial charge on any atom is 0.501 e. The van der Waals surface area contributed by atoms with E-state index < -0.39 is 20.2 Å². The minimum atomic E-state index is -5.29. The number of hydrogen-bond donors (Lipinski definition) is 1. The van der Waals surface area contributed by atoms with Gasteiger partial charge in [0.2, 0.25) is 0 Å². The Labute approximate surface area is 97.5 Å². The highest BCUT2D eigenvalue weighted by atomic mass is 127. The molecular weight excluding hydrogens is 346 g/mol. The van der Waals surface area contributed by atoms with Crippen LogP contribution in [0.4, 0.5) is 18.9 Å². The van der Waals surface area contributed by atoms with Crippen molar-refractivity contribution in [3.63, 3.8) is 0 Å². The van der Waals surface area contributed by atoms with E-state index in [1.54, 1.807) is 22.6 Å². The molecule has 0 aliphatic rings. The Morgan fingerprint density at radius 2 is 1.80 bits per heavy atom. The fourth-order valence-corrected chi connectivity index (χ4v) is 2.32. The van der Waals surface area contributed by atoms with E-state index in [2.05, 4.69) is 0 Å². The predicted octanol–water partition coefficient (Wildman–Crippen LogP) is 2.17. The van der Waals surface area contributed by atoms with Crippen molar-refractivity contribution in [1.29, 1.82) is 0 Å². The molecule has 8 heteroatoms. The van der Waals surface area contributed by atoms with Crippen molar-refractivity contribution < 1.29 is 21.6 Å². The van der Waals surface area contributed by atoms with Crippen LogP contribution in [-0.2, 0) is 9.84 Å². The predicted molar refractivity (Wildman–Crippen MR) is 56.8 cm³/mol. The van der Waals surface area contributed by atoms with Gasteiger partial charge in [-0.1, -0.05) is 0 Å². The Morgan fingerprint density at radius 1 is 1.27 bits per heavy atom. The maximum absolute atomic E-state index is 12.1. The summed E-state index contributed by atoms with van der Waals surface area (Å²) >= 11 is 1.66. The van der Waals surface area contributed by atoms with E-state index >= 15 is 0 Å². The molecule has 2 N–H and O–H groups in total. The molecule has 0 amide bonds. The van der Waals surface area contributed by atoms with Gasteiger partial charge in [0.05, 0.1) is 4.90 Å². The van der Waals surface area contributed by atoms with Gasteiger partial charge in [0, 0.05) is 9.26 Å². The van der Waals surface area contributed by atoms with Crippen LogP contribution in [0.1, 0.15) is 0 Å². The Bertz CT molecular complexity index is 483. The van der Waals surface area contributed by atoms with Crippen LogP contribution in [0, 0.1) is 3.57 Å². The van der Waals surface area contributed by atoms with Crippen molar-refractivity contribution in [3.8, 4) is 0 Å². The molecule has 0 radical (unpaired) electrons. The fraction of sp³-hybridized carbons (Fsp3) is 0.143. The van der Waals surface area contributed by atoms with Crippen LogP contribution in [0.5, 0.6) is 0 Å². The van der Waals surface area contributed by atoms with Gasteiger partial charge in [-0.2, -0.15) is 13.2 Å². The highest BCUT2D eigenvalue weighted by Crippen LogP contribution is 2.31. The molecule has 3 nitrogen and oxygen atoms in total. The number of anilines is 1. The molecule has 0 aliphatic heterocycles. The van der Waals surface area contributed by atoms with Gasteiger partial charge in [0.1, 0.15) is 0 Å². The van der Waals surface area contributed by atoms with E-state index in [-0.39, 0.29) is 9.26 Å². The van der Waals surface area contributed by atoms with Crippen molar-refractivity contribution >= 4 is 38.1 Å². The standard InChI is InChI=1S/C7H5F3INO2S/c8-7(9,10)15(13,14)4-1-2-6(12)5(11)3-4/h1-3H,12H2. The third-order valence-electron chi connectivity index (χ3n) is 1.59. The van der Waals surface area contributed by atoms with E-state index in [1.807, 2.05) is 0 Å². The van der Waals surface area contributed by atoms with Crippen molar-refractivity contribution in [2.75, 3.05) is 5.73 Å². The molecule has 1 rings (SSSR count). The average Bonchev–Trinajstić information content (AvgIpc) is 2.07. The number of halogens is 4. The molecule has 0 bridgehead atoms. The molecule has 0 spiro atoms. The fourth-order valence-electron chi connectivity index (χ4n) is 0.809. The summed E-state index contributed by atoms with van der Waals surface area (Å²) in [5.41, 5.74) is 0.305. The quantitative estimate of drug-likeness (QED) is 0.623. The lowest BCUT2D eigenvalue weighted by molar-refractivity contribution is -0.0436. The highest BCUT2D eigenvalue weighted by Gasteiger charge is 2.46. The molecule has 0 aromatic heterocycles. The van der Waals surface area contributed by atoms with Gasteiger partial charge in [-0.15, -0.1) is 0 Å². The molecule has 0 fully saturated rings. The lowest BCUT2D eigenvalue weighted by Gasteiger charge is -2.08. The Morgan fingerprint density at radius 3 is 2.20 bits per heavy atom. The number of hydrogen-bond acceptors (Lipinski definition) is 3. The van der Waals surface area contributed by atoms with Crippen LogP contribution >= 0.6 is 22.6 Å². The van der Waals surface area contributed by atoms with E-state index in [1.165, 1.54) is 0 Å². The molecule has 15 heavy (non-hydrogen) atoms. The monoisotopic (exact) mass is 351 g/mol. The van der Waals surface area contributed by atoms with Crippen LogP contribution in [0.25, 0.3) is 0 Å². The normalized spacial score (nSPS) is 12.8. The summed E-state index contributed by atoms with van der Waals surface area (Å²) < 4.78 is 58.5. The minimum absolute atomic E-state index is 0.233. The molecule has 1 aromatic rings. The topological polar surface area (TPSA) is 60.2 Å². The van der Waals surface area contributed by atoms with Crippen molar-refractivity contribution in [3.05, 3.63) is 21.8 Å². The highest BCUT2D eigenvalue weighted by molar-refractivity contribution is 14.1. The van der Waals surface area contributed by atoms with Crippen molar-refractivity contribution in [2.24, 2.45) is 0 Å². The molecule has 84 valence electrons. The lowest BCUT2D eigenvalue weighted by atomic mass is 10.3. The zero-order chi connectivity index (χ0) is 11.9. The zero-order valence-electron chi connectivity index (χ0n) is 7.05. The van der Waals surface area contributed by atoms with Crippen molar-refractivity contribution in [1.82, 2.24) is 0 Å². The second kappa shape index (κ2) is 3.81. The molecule has 0 saturated carbocycles. The Hall–Kier alpha value is -0.510. The first-order valence-electron chi connectivity index (χ1n) is 3.52. The maximum atomic E-state index is 12.1. The van der Waals surface area contributed by atoms with Crippen LogP contribution in [0.3, 0.4) is 0 Å². The van der Waals surface area contributed by atoms with E-state index in [4.69, 9.17) is 5.73 Å². The number of sulfone groups is 1. The minimum Gasteiger partial charge on any atom is -0.398 e. The summed E-state index contributed by atoms with van der Waals surface area (Å²) in [6, 6.07) is 2.85. The van der Waals surface area contributed by atoms with Gasteiger partial charge in [0.15, 0.2) is 0 Å². The summed E-state index contributed by atoms with van der Waals surface area (Å²) in [7, 11) is -5.28. The number of alkyl halides is 3. The second-order valence-corrected chi connectivity index (χ2v) is 5.74. The first kappa shape index (κ1) is 12.6. The Balaban J connectivity index is 3.36. The molecule has 0 atom stereocenters. The van der Waals surface area contributed by atoms with Gasteiger partial charge in [-0.25, -0.2) is 8.42 Å². The molecule has 0 unspecified atom stereocenters. The number of nitrogens with two attached hydrogens (primary N) is 1. The lowest BCUT2D eigenvalue weighted by Crippen LogP contribution is -2.23. The summed E-state index contributed by atoms with van der Waals surface area (Å²) in [5, 5.41) is 0. The molecule has 1 aromatic carbocycles. The van der Waals surface area contributed by atoms with Gasteiger partial charge in [0.25, 0.3) is 9.84 Å². The molecule has 0 heterocycles. The summed E-state index contributed by atoms with van der Waals surface area (Å²) in [6.07, 6.45) is 0. The summed E-state index contributed by atoms with van der Waals surface area (Å²) in [5.74, 6) is 0. The number of benzene rings is 1.